The van der Waals surface area contributed by atoms with Gasteiger partial charge in [-0.05, 0) is 73.9 Å². The third-order valence-corrected chi connectivity index (χ3v) is 10.3. The van der Waals surface area contributed by atoms with Crippen LogP contribution in [-0.4, -0.2) is 40.1 Å². The molecule has 0 radical (unpaired) electrons. The molecule has 1 aliphatic rings. The van der Waals surface area contributed by atoms with E-state index in [0.717, 1.165) is 6.07 Å². The molecule has 3 aromatic rings. The van der Waals surface area contributed by atoms with Gasteiger partial charge in [-0.25, -0.2) is 25.5 Å². The number of anilines is 2. The molecule has 3 aromatic carbocycles. The maximum atomic E-state index is 14.1. The van der Waals surface area contributed by atoms with Crippen LogP contribution in [0.3, 0.4) is 0 Å². The molecule has 0 spiro atoms. The van der Waals surface area contributed by atoms with E-state index in [2.05, 4.69) is 10.0 Å². The quantitative estimate of drug-likeness (QED) is 0.352. The van der Waals surface area contributed by atoms with Crippen molar-refractivity contribution in [2.45, 2.75) is 30.4 Å². The molecule has 1 heterocycles. The number of nitrogens with zero attached hydrogens (tertiary/aromatic N) is 1. The van der Waals surface area contributed by atoms with E-state index in [1.807, 2.05) is 0 Å². The van der Waals surface area contributed by atoms with Crippen molar-refractivity contribution in [1.82, 2.24) is 4.31 Å². The maximum Gasteiger partial charge on any atom is 0.261 e. The average molecular weight is 615 g/mol. The van der Waals surface area contributed by atoms with Crippen molar-refractivity contribution >= 4 is 60.5 Å². The second-order valence-corrected chi connectivity index (χ2v) is 13.7. The predicted molar refractivity (Wildman–Crippen MR) is 150 cm³/mol. The van der Waals surface area contributed by atoms with E-state index >= 15 is 0 Å². The fraction of sp³-hybridized carbons (Fsp3) is 0.269. The number of hydrogen-bond donors (Lipinski definition) is 2. The van der Waals surface area contributed by atoms with Crippen molar-refractivity contribution in [2.24, 2.45) is 5.92 Å². The van der Waals surface area contributed by atoms with Crippen molar-refractivity contribution in [2.75, 3.05) is 23.1 Å². The van der Waals surface area contributed by atoms with Crippen molar-refractivity contribution in [3.63, 3.8) is 0 Å². The topological polar surface area (TPSA) is 113 Å². The van der Waals surface area contributed by atoms with Gasteiger partial charge < -0.3 is 5.32 Å². The summed E-state index contributed by atoms with van der Waals surface area (Å²) in [6.45, 7) is 1.97. The minimum absolute atomic E-state index is 0.00773. The van der Waals surface area contributed by atoms with E-state index in [1.54, 1.807) is 19.1 Å². The van der Waals surface area contributed by atoms with Crippen LogP contribution in [0, 0.1) is 18.7 Å². The van der Waals surface area contributed by atoms with Crippen molar-refractivity contribution < 1.29 is 26.0 Å². The fourth-order valence-corrected chi connectivity index (χ4v) is 7.42. The first-order chi connectivity index (χ1) is 18.4. The summed E-state index contributed by atoms with van der Waals surface area (Å²) in [4.78, 5) is 12.8. The molecule has 1 fully saturated rings. The van der Waals surface area contributed by atoms with E-state index in [1.165, 1.54) is 46.8 Å². The third kappa shape index (κ3) is 7.09. The first-order valence-corrected chi connectivity index (χ1v) is 15.8. The number of carbonyl (C=O) groups is 1. The summed E-state index contributed by atoms with van der Waals surface area (Å²) in [5, 5.41) is 3.20. The van der Waals surface area contributed by atoms with Gasteiger partial charge in [0, 0.05) is 40.3 Å². The molecule has 4 rings (SSSR count). The van der Waals surface area contributed by atoms with Crippen LogP contribution in [0.5, 0.6) is 0 Å². The van der Waals surface area contributed by atoms with Gasteiger partial charge in [0.25, 0.3) is 10.0 Å². The number of benzene rings is 3. The average Bonchev–Trinajstić information content (AvgIpc) is 2.89. The highest BCUT2D eigenvalue weighted by atomic mass is 35.5. The molecule has 8 nitrogen and oxygen atoms in total. The molecule has 0 saturated carbocycles. The fourth-order valence-electron chi connectivity index (χ4n) is 4.21. The molecule has 0 bridgehead atoms. The molecule has 0 atom stereocenters. The number of nitrogens with one attached hydrogen (secondary N) is 2. The smallest absolute Gasteiger partial charge is 0.261 e. The molecule has 0 aliphatic carbocycles. The number of aryl methyl sites for hydroxylation is 1. The summed E-state index contributed by atoms with van der Waals surface area (Å²) in [5.74, 6) is -1.98. The van der Waals surface area contributed by atoms with E-state index in [0.29, 0.717) is 22.0 Å². The molecule has 39 heavy (non-hydrogen) atoms. The van der Waals surface area contributed by atoms with E-state index in [-0.39, 0.29) is 47.3 Å². The summed E-state index contributed by atoms with van der Waals surface area (Å²) < 4.78 is 69.1. The first-order valence-electron chi connectivity index (χ1n) is 12.0. The molecule has 208 valence electrons. The summed E-state index contributed by atoms with van der Waals surface area (Å²) >= 11 is 12.0. The van der Waals surface area contributed by atoms with Crippen molar-refractivity contribution in [3.05, 3.63) is 87.7 Å². The highest BCUT2D eigenvalue weighted by Crippen LogP contribution is 2.27. The SMILES string of the molecule is Cc1ccc(Cl)cc1NS(=O)(=O)c1ccc(NC(=O)C2CCN(S(=O)(=O)Cc3c(F)cccc3Cl)CC2)cc1. The molecule has 1 aliphatic heterocycles. The molecule has 0 aromatic heterocycles. The second kappa shape index (κ2) is 11.8. The number of sulfonamides is 2. The van der Waals surface area contributed by atoms with Gasteiger partial charge in [0.2, 0.25) is 15.9 Å². The summed E-state index contributed by atoms with van der Waals surface area (Å²) in [7, 11) is -7.71. The lowest BCUT2D eigenvalue weighted by atomic mass is 9.97. The van der Waals surface area contributed by atoms with Crippen LogP contribution < -0.4 is 10.0 Å². The Morgan fingerprint density at radius 1 is 1.00 bits per heavy atom. The lowest BCUT2D eigenvalue weighted by Gasteiger charge is -2.30. The Balaban J connectivity index is 1.34. The number of amides is 1. The van der Waals surface area contributed by atoms with Crippen molar-refractivity contribution in [3.8, 4) is 0 Å². The van der Waals surface area contributed by atoms with Gasteiger partial charge in [0.1, 0.15) is 5.82 Å². The first kappa shape index (κ1) is 29.3. The molecule has 2 N–H and O–H groups in total. The Bertz CT molecular complexity index is 1570. The minimum atomic E-state index is -3.88. The van der Waals surface area contributed by atoms with E-state index < -0.39 is 37.5 Å². The summed E-state index contributed by atoms with van der Waals surface area (Å²) in [5.41, 5.74) is 1.40. The van der Waals surface area contributed by atoms with Crippen LogP contribution in [0.4, 0.5) is 15.8 Å². The molecule has 1 amide bonds. The Morgan fingerprint density at radius 3 is 2.31 bits per heavy atom. The number of rotatable bonds is 8. The van der Waals surface area contributed by atoms with Gasteiger partial charge in [-0.1, -0.05) is 35.3 Å². The highest BCUT2D eigenvalue weighted by molar-refractivity contribution is 7.92. The predicted octanol–water partition coefficient (Wildman–Crippen LogP) is 5.42. The van der Waals surface area contributed by atoms with Gasteiger partial charge >= 0.3 is 0 Å². The zero-order valence-corrected chi connectivity index (χ0v) is 24.0. The van der Waals surface area contributed by atoms with Gasteiger partial charge in [-0.3, -0.25) is 9.52 Å². The maximum absolute atomic E-state index is 14.1. The molecule has 13 heteroatoms. The zero-order valence-electron chi connectivity index (χ0n) is 20.8. The van der Waals surface area contributed by atoms with Crippen LogP contribution >= 0.6 is 23.2 Å². The van der Waals surface area contributed by atoms with Crippen molar-refractivity contribution in [1.29, 1.82) is 0 Å². The van der Waals surface area contributed by atoms with Crippen LogP contribution in [0.1, 0.15) is 24.0 Å². The molecular weight excluding hydrogens is 588 g/mol. The number of carbonyl (C=O) groups excluding carboxylic acids is 1. The van der Waals surface area contributed by atoms with Gasteiger partial charge in [0.15, 0.2) is 0 Å². The number of piperidine rings is 1. The highest BCUT2D eigenvalue weighted by Gasteiger charge is 2.32. The van der Waals surface area contributed by atoms with Gasteiger partial charge in [-0.2, -0.15) is 0 Å². The lowest BCUT2D eigenvalue weighted by molar-refractivity contribution is -0.120. The van der Waals surface area contributed by atoms with E-state index in [4.69, 9.17) is 23.2 Å². The van der Waals surface area contributed by atoms with Crippen LogP contribution in [0.2, 0.25) is 10.0 Å². The molecular formula is C26H26Cl2FN3O5S2. The Labute approximate surface area is 237 Å². The van der Waals surface area contributed by atoms with Crippen LogP contribution in [-0.2, 0) is 30.6 Å². The molecule has 1 saturated heterocycles. The van der Waals surface area contributed by atoms with E-state index in [9.17, 15) is 26.0 Å². The largest absolute Gasteiger partial charge is 0.326 e. The standard InChI is InChI=1S/C26H26Cl2FN3O5S2/c1-17-5-6-19(27)15-25(17)31-39(36,37)21-9-7-20(8-10-21)30-26(33)18-11-13-32(14-12-18)38(34,35)16-22-23(28)3-2-4-24(22)29/h2-10,15,18,31H,11-14,16H2,1H3,(H,30,33). The normalized spacial score (nSPS) is 15.2. The van der Waals surface area contributed by atoms with Crippen LogP contribution in [0.15, 0.2) is 65.6 Å². The Hall–Kier alpha value is -2.70. The zero-order chi connectivity index (χ0) is 28.4. The minimum Gasteiger partial charge on any atom is -0.326 e. The third-order valence-electron chi connectivity index (χ3n) is 6.48. The summed E-state index contributed by atoms with van der Waals surface area (Å²) in [6.07, 6.45) is 0.566. The number of halogens is 3. The second-order valence-electron chi connectivity index (χ2n) is 9.21. The van der Waals surface area contributed by atoms with Crippen LogP contribution in [0.25, 0.3) is 0 Å². The monoisotopic (exact) mass is 613 g/mol. The van der Waals surface area contributed by atoms with Gasteiger partial charge in [-0.15, -0.1) is 0 Å². The lowest BCUT2D eigenvalue weighted by Crippen LogP contribution is -2.42. The van der Waals surface area contributed by atoms with Gasteiger partial charge in [0.05, 0.1) is 16.3 Å². The number of hydrogen-bond acceptors (Lipinski definition) is 5. The Kier molecular flexibility index (Phi) is 8.87. The summed E-state index contributed by atoms with van der Waals surface area (Å²) in [6, 6.07) is 14.6. The Morgan fingerprint density at radius 2 is 1.67 bits per heavy atom. The molecule has 0 unspecified atom stereocenters.